The highest BCUT2D eigenvalue weighted by molar-refractivity contribution is 5.65. The molecule has 4 nitrogen and oxygen atoms in total. The average molecular weight is 194 g/mol. The second-order valence-corrected chi connectivity index (χ2v) is 3.72. The molecule has 4 heteroatoms. The fraction of sp³-hybridized carbons (Fsp3) is 0.400. The zero-order chi connectivity index (χ0) is 10.6. The van der Waals surface area contributed by atoms with Gasteiger partial charge in [0, 0.05) is 18.8 Å². The predicted octanol–water partition coefficient (Wildman–Crippen LogP) is 1.50. The maximum Gasteiger partial charge on any atom is 0.405 e. The Bertz CT molecular complexity index is 309. The van der Waals surface area contributed by atoms with Crippen LogP contribution in [0.15, 0.2) is 24.5 Å². The third-order valence-electron chi connectivity index (χ3n) is 1.73. The van der Waals surface area contributed by atoms with Crippen LogP contribution in [0.1, 0.15) is 19.4 Å². The highest BCUT2D eigenvalue weighted by Gasteiger charge is 2.21. The first-order valence-electron chi connectivity index (χ1n) is 4.37. The molecule has 0 fully saturated rings. The number of primary amides is 1. The molecule has 76 valence electrons. The monoisotopic (exact) mass is 194 g/mol. The summed E-state index contributed by atoms with van der Waals surface area (Å²) >= 11 is 0. The first-order chi connectivity index (χ1) is 6.49. The summed E-state index contributed by atoms with van der Waals surface area (Å²) in [5.41, 5.74) is 5.38. The fourth-order valence-electron chi connectivity index (χ4n) is 1.30. The maximum absolute atomic E-state index is 10.6. The highest BCUT2D eigenvalue weighted by Crippen LogP contribution is 2.15. The van der Waals surface area contributed by atoms with E-state index in [0.29, 0.717) is 6.42 Å². The van der Waals surface area contributed by atoms with Crippen molar-refractivity contribution in [1.29, 1.82) is 0 Å². The molecular formula is C10H14N2O2. The van der Waals surface area contributed by atoms with E-state index in [1.165, 1.54) is 0 Å². The molecule has 14 heavy (non-hydrogen) atoms. The van der Waals surface area contributed by atoms with Gasteiger partial charge in [-0.05, 0) is 25.5 Å². The summed E-state index contributed by atoms with van der Waals surface area (Å²) in [6, 6.07) is 3.77. The molecule has 0 aromatic carbocycles. The molecule has 1 aromatic rings. The van der Waals surface area contributed by atoms with Crippen LogP contribution >= 0.6 is 0 Å². The zero-order valence-corrected chi connectivity index (χ0v) is 8.36. The van der Waals surface area contributed by atoms with Gasteiger partial charge in [-0.25, -0.2) is 4.79 Å². The Morgan fingerprint density at radius 3 is 2.86 bits per heavy atom. The van der Waals surface area contributed by atoms with E-state index in [9.17, 15) is 4.79 Å². The molecule has 1 amide bonds. The quantitative estimate of drug-likeness (QED) is 0.792. The van der Waals surface area contributed by atoms with Crippen LogP contribution in [0.5, 0.6) is 0 Å². The van der Waals surface area contributed by atoms with Crippen molar-refractivity contribution in [1.82, 2.24) is 4.98 Å². The number of carbonyl (C=O) groups is 1. The fourth-order valence-corrected chi connectivity index (χ4v) is 1.30. The Morgan fingerprint density at radius 2 is 2.36 bits per heavy atom. The third-order valence-corrected chi connectivity index (χ3v) is 1.73. The molecule has 0 unspecified atom stereocenters. The van der Waals surface area contributed by atoms with Crippen LogP contribution in [0.4, 0.5) is 4.79 Å². The van der Waals surface area contributed by atoms with E-state index >= 15 is 0 Å². The van der Waals surface area contributed by atoms with Crippen LogP contribution in [0, 0.1) is 0 Å². The first kappa shape index (κ1) is 10.5. The third kappa shape index (κ3) is 3.43. The second-order valence-electron chi connectivity index (χ2n) is 3.72. The van der Waals surface area contributed by atoms with Crippen LogP contribution in [0.3, 0.4) is 0 Å². The number of hydrogen-bond donors (Lipinski definition) is 1. The largest absolute Gasteiger partial charge is 0.443 e. The van der Waals surface area contributed by atoms with Crippen LogP contribution in [0.2, 0.25) is 0 Å². The lowest BCUT2D eigenvalue weighted by Gasteiger charge is -2.23. The van der Waals surface area contributed by atoms with E-state index in [0.717, 1.165) is 5.56 Å². The van der Waals surface area contributed by atoms with Gasteiger partial charge in [-0.3, -0.25) is 4.98 Å². The van der Waals surface area contributed by atoms with E-state index < -0.39 is 11.7 Å². The smallest absolute Gasteiger partial charge is 0.405 e. The van der Waals surface area contributed by atoms with Crippen molar-refractivity contribution in [3.63, 3.8) is 0 Å². The number of carbonyl (C=O) groups excluding carboxylic acids is 1. The number of amides is 1. The topological polar surface area (TPSA) is 65.2 Å². The minimum Gasteiger partial charge on any atom is -0.443 e. The van der Waals surface area contributed by atoms with Crippen molar-refractivity contribution >= 4 is 6.09 Å². The molecule has 0 bridgehead atoms. The minimum absolute atomic E-state index is 0.588. The van der Waals surface area contributed by atoms with E-state index in [4.69, 9.17) is 10.5 Å². The number of rotatable bonds is 3. The summed E-state index contributed by atoms with van der Waals surface area (Å²) in [4.78, 5) is 14.6. The molecule has 0 radical (unpaired) electrons. The number of ether oxygens (including phenoxy) is 1. The van der Waals surface area contributed by atoms with Crippen molar-refractivity contribution in [2.75, 3.05) is 0 Å². The van der Waals surface area contributed by atoms with Gasteiger partial charge in [0.25, 0.3) is 0 Å². The Labute approximate surface area is 83.1 Å². The molecule has 0 aliphatic heterocycles. The first-order valence-corrected chi connectivity index (χ1v) is 4.37. The molecule has 0 aliphatic rings. The SMILES string of the molecule is CC(C)(Cc1cccnc1)OC(N)=O. The number of nitrogens with zero attached hydrogens (tertiary/aromatic N) is 1. The molecular weight excluding hydrogens is 180 g/mol. The number of pyridine rings is 1. The summed E-state index contributed by atoms with van der Waals surface area (Å²) in [5.74, 6) is 0. The highest BCUT2D eigenvalue weighted by atomic mass is 16.6. The van der Waals surface area contributed by atoms with Gasteiger partial charge in [-0.2, -0.15) is 0 Å². The van der Waals surface area contributed by atoms with Crippen LogP contribution in [0.25, 0.3) is 0 Å². The van der Waals surface area contributed by atoms with Crippen LogP contribution in [-0.2, 0) is 11.2 Å². The Hall–Kier alpha value is -1.58. The van der Waals surface area contributed by atoms with Crippen LogP contribution in [-0.4, -0.2) is 16.7 Å². The molecule has 1 heterocycles. The predicted molar refractivity (Wildman–Crippen MR) is 52.7 cm³/mol. The molecule has 0 saturated carbocycles. The molecule has 1 aromatic heterocycles. The number of nitrogens with two attached hydrogens (primary N) is 1. The lowest BCUT2D eigenvalue weighted by Crippen LogP contribution is -2.33. The van der Waals surface area contributed by atoms with E-state index in [1.54, 1.807) is 12.4 Å². The van der Waals surface area contributed by atoms with E-state index in [-0.39, 0.29) is 0 Å². The van der Waals surface area contributed by atoms with Crippen molar-refractivity contribution in [2.45, 2.75) is 25.9 Å². The van der Waals surface area contributed by atoms with Gasteiger partial charge < -0.3 is 10.5 Å². The lowest BCUT2D eigenvalue weighted by molar-refractivity contribution is 0.0460. The molecule has 0 saturated heterocycles. The van der Waals surface area contributed by atoms with Gasteiger partial charge in [0.15, 0.2) is 0 Å². The van der Waals surface area contributed by atoms with Gasteiger partial charge in [-0.1, -0.05) is 6.07 Å². The van der Waals surface area contributed by atoms with Crippen molar-refractivity contribution < 1.29 is 9.53 Å². The summed E-state index contributed by atoms with van der Waals surface area (Å²) in [7, 11) is 0. The minimum atomic E-state index is -0.751. The van der Waals surface area contributed by atoms with Crippen molar-refractivity contribution in [3.8, 4) is 0 Å². The zero-order valence-electron chi connectivity index (χ0n) is 8.36. The van der Waals surface area contributed by atoms with Gasteiger partial charge in [0.2, 0.25) is 0 Å². The Balaban J connectivity index is 2.63. The average Bonchev–Trinajstić information content (AvgIpc) is 2.02. The van der Waals surface area contributed by atoms with E-state index in [1.807, 2.05) is 26.0 Å². The van der Waals surface area contributed by atoms with Gasteiger partial charge >= 0.3 is 6.09 Å². The summed E-state index contributed by atoms with van der Waals surface area (Å²) < 4.78 is 4.95. The van der Waals surface area contributed by atoms with Crippen molar-refractivity contribution in [2.24, 2.45) is 5.73 Å². The Morgan fingerprint density at radius 1 is 1.64 bits per heavy atom. The normalized spacial score (nSPS) is 11.0. The molecule has 2 N–H and O–H groups in total. The summed E-state index contributed by atoms with van der Waals surface area (Å²) in [6.07, 6.45) is 3.29. The van der Waals surface area contributed by atoms with E-state index in [2.05, 4.69) is 4.98 Å². The van der Waals surface area contributed by atoms with Gasteiger partial charge in [0.05, 0.1) is 0 Å². The molecule has 1 rings (SSSR count). The molecule has 0 spiro atoms. The maximum atomic E-state index is 10.6. The van der Waals surface area contributed by atoms with Crippen LogP contribution < -0.4 is 5.73 Å². The summed E-state index contributed by atoms with van der Waals surface area (Å²) in [6.45, 7) is 3.62. The second kappa shape index (κ2) is 4.09. The summed E-state index contributed by atoms with van der Waals surface area (Å²) in [5, 5.41) is 0. The number of aromatic nitrogens is 1. The van der Waals surface area contributed by atoms with Gasteiger partial charge in [0.1, 0.15) is 5.60 Å². The molecule has 0 aliphatic carbocycles. The molecule has 0 atom stereocenters. The standard InChI is InChI=1S/C10H14N2O2/c1-10(2,14-9(11)13)6-8-4-3-5-12-7-8/h3-5,7H,6H2,1-2H3,(H2,11,13). The Kier molecular flexibility index (Phi) is 3.06. The van der Waals surface area contributed by atoms with Gasteiger partial charge in [-0.15, -0.1) is 0 Å². The van der Waals surface area contributed by atoms with Crippen molar-refractivity contribution in [3.05, 3.63) is 30.1 Å². The lowest BCUT2D eigenvalue weighted by atomic mass is 10.00. The number of hydrogen-bond acceptors (Lipinski definition) is 3.